The number of anilines is 1. The summed E-state index contributed by atoms with van der Waals surface area (Å²) in [6, 6.07) is 12.8. The van der Waals surface area contributed by atoms with E-state index in [4.69, 9.17) is 22.1 Å². The number of alkyl halides is 1. The summed E-state index contributed by atoms with van der Waals surface area (Å²) >= 11 is 8.26. The minimum atomic E-state index is -0.723. The summed E-state index contributed by atoms with van der Waals surface area (Å²) in [6.07, 6.45) is 8.21. The zero-order chi connectivity index (χ0) is 31.7. The van der Waals surface area contributed by atoms with Gasteiger partial charge in [0.05, 0.1) is 11.2 Å². The van der Waals surface area contributed by atoms with Crippen molar-refractivity contribution < 1.29 is 13.9 Å². The fourth-order valence-corrected chi connectivity index (χ4v) is 6.66. The van der Waals surface area contributed by atoms with Crippen LogP contribution in [0.2, 0.25) is 5.02 Å². The van der Waals surface area contributed by atoms with E-state index in [0.717, 1.165) is 48.5 Å². The highest BCUT2D eigenvalue weighted by Gasteiger charge is 2.24. The summed E-state index contributed by atoms with van der Waals surface area (Å²) in [6.45, 7) is 4.84. The highest BCUT2D eigenvalue weighted by atomic mass is 35.5. The third-order valence-electron chi connectivity index (χ3n) is 7.16. The Morgan fingerprint density at radius 2 is 2.00 bits per heavy atom. The Hall–Kier alpha value is -5.13. The molecule has 2 aromatic carbocycles. The Labute approximate surface area is 267 Å². The minimum absolute atomic E-state index is 0.179. The van der Waals surface area contributed by atoms with Crippen LogP contribution in [0.25, 0.3) is 42.8 Å². The highest BCUT2D eigenvalue weighted by molar-refractivity contribution is 7.23. The van der Waals surface area contributed by atoms with Crippen LogP contribution >= 0.6 is 22.9 Å². The summed E-state index contributed by atoms with van der Waals surface area (Å²) in [4.78, 5) is 25.5. The number of nitrogen functional groups attached to an aromatic ring is 1. The summed E-state index contributed by atoms with van der Waals surface area (Å²) < 4.78 is 23.2. The first kappa shape index (κ1) is 29.9. The number of carbonyl (C=O) groups excluding carboxylic acids is 1. The number of aromatic nitrogens is 5. The van der Waals surface area contributed by atoms with Gasteiger partial charge in [0, 0.05) is 69.5 Å². The van der Waals surface area contributed by atoms with Crippen LogP contribution in [-0.4, -0.2) is 30.6 Å². The molecule has 0 unspecified atom stereocenters. The van der Waals surface area contributed by atoms with Crippen molar-refractivity contribution in [2.75, 3.05) is 5.73 Å². The summed E-state index contributed by atoms with van der Waals surface area (Å²) in [5.41, 5.74) is 12.4. The molecule has 1 amide bonds. The molecule has 4 aromatic heterocycles. The molecule has 0 aliphatic rings. The monoisotopic (exact) mass is 639 g/mol. The van der Waals surface area contributed by atoms with Crippen LogP contribution in [0.15, 0.2) is 79.9 Å². The lowest BCUT2D eigenvalue weighted by Crippen LogP contribution is -2.19. The first-order valence-electron chi connectivity index (χ1n) is 13.8. The second kappa shape index (κ2) is 12.5. The van der Waals surface area contributed by atoms with Gasteiger partial charge < -0.3 is 15.8 Å². The average molecular weight is 640 g/mol. The molecule has 0 spiro atoms. The summed E-state index contributed by atoms with van der Waals surface area (Å²) in [5.74, 6) is 0.395. The largest absolute Gasteiger partial charge is 0.423 e. The maximum Gasteiger partial charge on any atom is 0.322 e. The third-order valence-corrected chi connectivity index (χ3v) is 8.71. The SMILES string of the molecule is C=CC(=O)NCc1ccc(-c2sc3c(-c4cnn(C)c4)cnc(N)c3c2-c2ccc(Oc3nccc(C)n3)c(Cl)c2)c(CF)c1. The topological polar surface area (TPSA) is 121 Å². The highest BCUT2D eigenvalue weighted by Crippen LogP contribution is 2.51. The summed E-state index contributed by atoms with van der Waals surface area (Å²) in [5, 5.41) is 8.13. The van der Waals surface area contributed by atoms with Crippen molar-refractivity contribution in [2.45, 2.75) is 20.1 Å². The minimum Gasteiger partial charge on any atom is -0.423 e. The van der Waals surface area contributed by atoms with Crippen LogP contribution in [0.4, 0.5) is 10.2 Å². The number of thiophene rings is 1. The second-order valence-corrected chi connectivity index (χ2v) is 11.7. The number of hydrogen-bond donors (Lipinski definition) is 2. The molecule has 4 heterocycles. The van der Waals surface area contributed by atoms with E-state index in [1.807, 2.05) is 38.4 Å². The van der Waals surface area contributed by atoms with E-state index in [-0.39, 0.29) is 18.5 Å². The van der Waals surface area contributed by atoms with Crippen molar-refractivity contribution in [3.63, 3.8) is 0 Å². The number of nitrogens with zero attached hydrogens (tertiary/aromatic N) is 5. The van der Waals surface area contributed by atoms with E-state index in [9.17, 15) is 9.18 Å². The summed E-state index contributed by atoms with van der Waals surface area (Å²) in [7, 11) is 1.84. The number of aryl methyl sites for hydroxylation is 2. The van der Waals surface area contributed by atoms with Gasteiger partial charge in [0.2, 0.25) is 5.91 Å². The number of nitrogens with one attached hydrogen (secondary N) is 1. The number of fused-ring (bicyclic) bond motifs is 1. The molecule has 0 saturated carbocycles. The van der Waals surface area contributed by atoms with Gasteiger partial charge >= 0.3 is 6.01 Å². The molecule has 45 heavy (non-hydrogen) atoms. The van der Waals surface area contributed by atoms with Crippen LogP contribution in [0.3, 0.4) is 0 Å². The number of carbonyl (C=O) groups is 1. The van der Waals surface area contributed by atoms with Crippen molar-refractivity contribution in [2.24, 2.45) is 7.05 Å². The molecule has 12 heteroatoms. The van der Waals surface area contributed by atoms with Crippen molar-refractivity contribution >= 4 is 44.7 Å². The van der Waals surface area contributed by atoms with Crippen molar-refractivity contribution in [3.05, 3.63) is 102 Å². The Kier molecular flexibility index (Phi) is 8.29. The van der Waals surface area contributed by atoms with E-state index < -0.39 is 6.67 Å². The van der Waals surface area contributed by atoms with Gasteiger partial charge in [0.25, 0.3) is 0 Å². The predicted molar refractivity (Wildman–Crippen MR) is 176 cm³/mol. The van der Waals surface area contributed by atoms with Gasteiger partial charge in [-0.05, 0) is 53.5 Å². The fraction of sp³-hybridized carbons (Fsp3) is 0.121. The number of hydrogen-bond acceptors (Lipinski definition) is 8. The number of rotatable bonds is 9. The molecular formula is C33H27ClFN7O2S. The fourth-order valence-electron chi connectivity index (χ4n) is 5.02. The Morgan fingerprint density at radius 3 is 2.71 bits per heavy atom. The van der Waals surface area contributed by atoms with Crippen LogP contribution in [0.1, 0.15) is 16.8 Å². The lowest BCUT2D eigenvalue weighted by Gasteiger charge is -2.13. The standard InChI is InChI=1S/C33H27ClFN7O2S/c1-4-27(43)38-14-19-5-7-23(21(11-19)13-35)30-28(20-6-8-26(25(34)12-20)44-33-37-10-9-18(2)41-33)29-31(45-30)24(16-39-32(29)36)22-15-40-42(3)17-22/h4-12,15-17H,1,13-14H2,2-3H3,(H2,36,39)(H,38,43). The van der Waals surface area contributed by atoms with Gasteiger partial charge in [-0.15, -0.1) is 11.3 Å². The van der Waals surface area contributed by atoms with Crippen molar-refractivity contribution in [3.8, 4) is 44.5 Å². The quantitative estimate of drug-likeness (QED) is 0.158. The van der Waals surface area contributed by atoms with Gasteiger partial charge in [-0.3, -0.25) is 9.48 Å². The van der Waals surface area contributed by atoms with Crippen LogP contribution in [0.5, 0.6) is 11.8 Å². The lowest BCUT2D eigenvalue weighted by molar-refractivity contribution is -0.116. The molecule has 3 N–H and O–H groups in total. The molecule has 0 fully saturated rings. The lowest BCUT2D eigenvalue weighted by atomic mass is 9.95. The van der Waals surface area contributed by atoms with Gasteiger partial charge in [0.15, 0.2) is 0 Å². The average Bonchev–Trinajstić information content (AvgIpc) is 3.65. The molecule has 0 bridgehead atoms. The molecule has 226 valence electrons. The zero-order valence-electron chi connectivity index (χ0n) is 24.3. The number of halogens is 2. The Balaban J connectivity index is 1.54. The second-order valence-electron chi connectivity index (χ2n) is 10.2. The van der Waals surface area contributed by atoms with E-state index in [2.05, 4.69) is 31.9 Å². The van der Waals surface area contributed by atoms with E-state index in [1.54, 1.807) is 47.5 Å². The van der Waals surface area contributed by atoms with Crippen LogP contribution < -0.4 is 15.8 Å². The third kappa shape index (κ3) is 6.00. The van der Waals surface area contributed by atoms with Gasteiger partial charge in [-0.2, -0.15) is 5.10 Å². The number of amides is 1. The molecule has 0 saturated heterocycles. The molecule has 6 rings (SSSR count). The van der Waals surface area contributed by atoms with Gasteiger partial charge in [-0.25, -0.2) is 19.3 Å². The smallest absolute Gasteiger partial charge is 0.322 e. The Morgan fingerprint density at radius 1 is 1.16 bits per heavy atom. The van der Waals surface area contributed by atoms with Crippen molar-refractivity contribution in [1.82, 2.24) is 30.0 Å². The van der Waals surface area contributed by atoms with Gasteiger partial charge in [0.1, 0.15) is 18.2 Å². The maximum absolute atomic E-state index is 14.7. The molecule has 0 aliphatic heterocycles. The number of benzene rings is 2. The van der Waals surface area contributed by atoms with E-state index in [1.165, 1.54) is 17.4 Å². The first-order chi connectivity index (χ1) is 21.7. The predicted octanol–water partition coefficient (Wildman–Crippen LogP) is 7.43. The van der Waals surface area contributed by atoms with E-state index in [0.29, 0.717) is 27.7 Å². The van der Waals surface area contributed by atoms with E-state index >= 15 is 0 Å². The molecule has 0 radical (unpaired) electrons. The van der Waals surface area contributed by atoms with Gasteiger partial charge in [-0.1, -0.05) is 42.4 Å². The number of pyridine rings is 1. The molecule has 6 aromatic rings. The molecule has 0 aliphatic carbocycles. The van der Waals surface area contributed by atoms with Crippen LogP contribution in [0, 0.1) is 6.92 Å². The number of ether oxygens (including phenoxy) is 1. The van der Waals surface area contributed by atoms with Crippen LogP contribution in [-0.2, 0) is 25.1 Å². The molecule has 0 atom stereocenters. The maximum atomic E-state index is 14.7. The number of nitrogens with two attached hydrogens (primary N) is 1. The zero-order valence-corrected chi connectivity index (χ0v) is 25.9. The first-order valence-corrected chi connectivity index (χ1v) is 15.0. The Bertz CT molecular complexity index is 2090. The van der Waals surface area contributed by atoms with Crippen molar-refractivity contribution in [1.29, 1.82) is 0 Å². The normalized spacial score (nSPS) is 11.1. The molecular weight excluding hydrogens is 613 g/mol. The molecule has 9 nitrogen and oxygen atoms in total.